The Bertz CT molecular complexity index is 1290. The number of anilines is 1. The number of carbonyl (C=O) groups is 3. The molecular formula is C28H33N5O3. The quantitative estimate of drug-likeness (QED) is 0.493. The first kappa shape index (κ1) is 25.2. The molecule has 2 heterocycles. The molecule has 0 aliphatic carbocycles. The third kappa shape index (κ3) is 4.76. The predicted octanol–water partition coefficient (Wildman–Crippen LogP) is 4.70. The lowest BCUT2D eigenvalue weighted by Crippen LogP contribution is -2.42. The Morgan fingerprint density at radius 2 is 1.69 bits per heavy atom. The molecule has 188 valence electrons. The Kier molecular flexibility index (Phi) is 6.47. The van der Waals surface area contributed by atoms with Crippen molar-refractivity contribution in [2.75, 3.05) is 11.9 Å². The highest BCUT2D eigenvalue weighted by Gasteiger charge is 2.49. The van der Waals surface area contributed by atoms with E-state index in [0.29, 0.717) is 17.3 Å². The smallest absolute Gasteiger partial charge is 0.319 e. The van der Waals surface area contributed by atoms with Crippen LogP contribution in [0.2, 0.25) is 0 Å². The van der Waals surface area contributed by atoms with Gasteiger partial charge in [0, 0.05) is 11.5 Å². The highest BCUT2D eigenvalue weighted by atomic mass is 16.2. The average Bonchev–Trinajstić information content (AvgIpc) is 3.35. The van der Waals surface area contributed by atoms with Gasteiger partial charge in [-0.1, -0.05) is 77.1 Å². The van der Waals surface area contributed by atoms with Crippen LogP contribution < -0.4 is 10.6 Å². The minimum Gasteiger partial charge on any atom is -0.319 e. The van der Waals surface area contributed by atoms with Crippen LogP contribution in [0.25, 0.3) is 5.69 Å². The number of hydrogen-bond donors (Lipinski definition) is 2. The van der Waals surface area contributed by atoms with Crippen LogP contribution in [-0.4, -0.2) is 39.1 Å². The number of carbonyl (C=O) groups excluding carboxylic acids is 3. The molecule has 0 bridgehead atoms. The third-order valence-electron chi connectivity index (χ3n) is 6.48. The molecule has 8 heteroatoms. The first-order valence-electron chi connectivity index (χ1n) is 12.1. The highest BCUT2D eigenvalue weighted by Crippen LogP contribution is 2.30. The van der Waals surface area contributed by atoms with Gasteiger partial charge in [-0.3, -0.25) is 14.5 Å². The summed E-state index contributed by atoms with van der Waals surface area (Å²) in [5.74, 6) is -0.137. The van der Waals surface area contributed by atoms with Crippen LogP contribution in [0.3, 0.4) is 0 Å². The van der Waals surface area contributed by atoms with Crippen molar-refractivity contribution in [1.29, 1.82) is 0 Å². The molecule has 1 fully saturated rings. The highest BCUT2D eigenvalue weighted by molar-refractivity contribution is 6.10. The number of hydrogen-bond acceptors (Lipinski definition) is 4. The molecule has 2 aromatic carbocycles. The van der Waals surface area contributed by atoms with Crippen molar-refractivity contribution < 1.29 is 14.4 Å². The van der Waals surface area contributed by atoms with E-state index in [4.69, 9.17) is 5.10 Å². The first-order chi connectivity index (χ1) is 16.9. The van der Waals surface area contributed by atoms with E-state index in [1.165, 1.54) is 0 Å². The molecule has 4 amide bonds. The van der Waals surface area contributed by atoms with Crippen LogP contribution in [0.1, 0.15) is 64.3 Å². The van der Waals surface area contributed by atoms with Gasteiger partial charge in [0.1, 0.15) is 17.9 Å². The minimum atomic E-state index is -1.24. The van der Waals surface area contributed by atoms with E-state index in [1.807, 2.05) is 81.4 Å². The van der Waals surface area contributed by atoms with E-state index in [-0.39, 0.29) is 5.41 Å². The Morgan fingerprint density at radius 1 is 1.06 bits per heavy atom. The molecule has 1 saturated heterocycles. The number of imide groups is 1. The number of aromatic nitrogens is 2. The lowest BCUT2D eigenvalue weighted by molar-refractivity contribution is -0.133. The third-order valence-corrected chi connectivity index (χ3v) is 6.48. The van der Waals surface area contributed by atoms with E-state index >= 15 is 0 Å². The molecule has 1 aliphatic heterocycles. The minimum absolute atomic E-state index is 0.239. The van der Waals surface area contributed by atoms with Crippen LogP contribution in [0.5, 0.6) is 0 Å². The molecular weight excluding hydrogens is 454 g/mol. The number of nitrogens with one attached hydrogen (secondary N) is 2. The Morgan fingerprint density at radius 3 is 2.28 bits per heavy atom. The molecule has 1 aliphatic rings. The molecule has 0 radical (unpaired) electrons. The molecule has 36 heavy (non-hydrogen) atoms. The summed E-state index contributed by atoms with van der Waals surface area (Å²) in [5.41, 5.74) is 1.92. The van der Waals surface area contributed by atoms with E-state index in [2.05, 4.69) is 24.5 Å². The second kappa shape index (κ2) is 9.26. The maximum absolute atomic E-state index is 13.3. The predicted molar refractivity (Wildman–Crippen MR) is 139 cm³/mol. The Balaban J connectivity index is 1.55. The standard InChI is InChI=1S/C28H33N5O3/c1-18(2)19-12-14-20(15-13-19)28(6)25(35)32(26(36)30-28)17-24(34)29-23-16-22(27(3,4)5)31-33(23)21-10-8-7-9-11-21/h7-16,18H,17H2,1-6H3,(H,29,34)(H,30,36). The van der Waals surface area contributed by atoms with Gasteiger partial charge in [0.05, 0.1) is 11.4 Å². The van der Waals surface area contributed by atoms with E-state index in [0.717, 1.165) is 21.8 Å². The number of para-hydroxylation sites is 1. The van der Waals surface area contributed by atoms with Crippen LogP contribution in [-0.2, 0) is 20.5 Å². The molecule has 8 nitrogen and oxygen atoms in total. The molecule has 1 atom stereocenters. The van der Waals surface area contributed by atoms with Crippen LogP contribution in [0.15, 0.2) is 60.7 Å². The second-order valence-corrected chi connectivity index (χ2v) is 10.7. The van der Waals surface area contributed by atoms with Gasteiger partial charge in [-0.25, -0.2) is 9.48 Å². The van der Waals surface area contributed by atoms with Crippen LogP contribution in [0.4, 0.5) is 10.6 Å². The van der Waals surface area contributed by atoms with Crippen molar-refractivity contribution in [3.05, 3.63) is 77.5 Å². The van der Waals surface area contributed by atoms with Gasteiger partial charge in [0.15, 0.2) is 0 Å². The molecule has 1 unspecified atom stereocenters. The monoisotopic (exact) mass is 487 g/mol. The molecule has 4 rings (SSSR count). The van der Waals surface area contributed by atoms with Crippen LogP contribution in [0, 0.1) is 0 Å². The van der Waals surface area contributed by atoms with E-state index in [1.54, 1.807) is 11.6 Å². The number of benzene rings is 2. The van der Waals surface area contributed by atoms with Gasteiger partial charge >= 0.3 is 6.03 Å². The summed E-state index contributed by atoms with van der Waals surface area (Å²) >= 11 is 0. The van der Waals surface area contributed by atoms with E-state index < -0.39 is 29.9 Å². The largest absolute Gasteiger partial charge is 0.325 e. The lowest BCUT2D eigenvalue weighted by Gasteiger charge is -2.22. The van der Waals surface area contributed by atoms with Crippen molar-refractivity contribution in [1.82, 2.24) is 20.0 Å². The molecule has 0 spiro atoms. The fraction of sp³-hybridized carbons (Fsp3) is 0.357. The molecule has 0 saturated carbocycles. The zero-order valence-electron chi connectivity index (χ0n) is 21.6. The zero-order chi connectivity index (χ0) is 26.3. The van der Waals surface area contributed by atoms with Gasteiger partial charge in [0.25, 0.3) is 5.91 Å². The summed E-state index contributed by atoms with van der Waals surface area (Å²) in [6, 6.07) is 18.3. The fourth-order valence-corrected chi connectivity index (χ4v) is 4.17. The summed E-state index contributed by atoms with van der Waals surface area (Å²) in [5, 5.41) is 10.3. The summed E-state index contributed by atoms with van der Waals surface area (Å²) in [7, 11) is 0. The summed E-state index contributed by atoms with van der Waals surface area (Å²) in [6.07, 6.45) is 0. The zero-order valence-corrected chi connectivity index (χ0v) is 21.6. The number of nitrogens with zero attached hydrogens (tertiary/aromatic N) is 3. The van der Waals surface area contributed by atoms with Crippen LogP contribution >= 0.6 is 0 Å². The number of urea groups is 1. The van der Waals surface area contributed by atoms with Crippen molar-refractivity contribution in [2.24, 2.45) is 0 Å². The molecule has 1 aromatic heterocycles. The molecule has 3 aromatic rings. The van der Waals surface area contributed by atoms with Gasteiger partial charge in [-0.05, 0) is 36.1 Å². The Labute approximate surface area is 211 Å². The van der Waals surface area contributed by atoms with E-state index in [9.17, 15) is 14.4 Å². The van der Waals surface area contributed by atoms with Gasteiger partial charge in [-0.2, -0.15) is 5.10 Å². The van der Waals surface area contributed by atoms with Gasteiger partial charge in [-0.15, -0.1) is 0 Å². The second-order valence-electron chi connectivity index (χ2n) is 10.7. The van der Waals surface area contributed by atoms with Crippen molar-refractivity contribution in [3.8, 4) is 5.69 Å². The van der Waals surface area contributed by atoms with Crippen molar-refractivity contribution in [3.63, 3.8) is 0 Å². The number of amides is 4. The van der Waals surface area contributed by atoms with Crippen molar-refractivity contribution >= 4 is 23.7 Å². The summed E-state index contributed by atoms with van der Waals surface area (Å²) < 4.78 is 1.66. The maximum atomic E-state index is 13.3. The van der Waals surface area contributed by atoms with Gasteiger partial charge < -0.3 is 10.6 Å². The van der Waals surface area contributed by atoms with Crippen molar-refractivity contribution in [2.45, 2.75) is 58.4 Å². The lowest BCUT2D eigenvalue weighted by atomic mass is 9.90. The fourth-order valence-electron chi connectivity index (χ4n) is 4.17. The Hall–Kier alpha value is -3.94. The average molecular weight is 488 g/mol. The topological polar surface area (TPSA) is 96.3 Å². The first-order valence-corrected chi connectivity index (χ1v) is 12.1. The van der Waals surface area contributed by atoms with Gasteiger partial charge in [0.2, 0.25) is 5.91 Å². The number of rotatable bonds is 6. The molecule has 2 N–H and O–H groups in total. The summed E-state index contributed by atoms with van der Waals surface area (Å²) in [6.45, 7) is 11.6. The SMILES string of the molecule is CC(C)c1ccc(C2(C)NC(=O)N(CC(=O)Nc3cc(C(C)(C)C)nn3-c3ccccc3)C2=O)cc1. The summed E-state index contributed by atoms with van der Waals surface area (Å²) in [4.78, 5) is 40.1. The maximum Gasteiger partial charge on any atom is 0.325 e. The normalized spacial score (nSPS) is 18.0.